The standard InChI is InChI=1S/C21H21N3O2/c22-14-16-1-4-18(5-2-16)21(25)24-10-8-23(9-11-24)15-17-3-6-20-19(13-17)7-12-26-20/h1-6,13H,7-12,15H2. The molecule has 1 saturated heterocycles. The molecule has 2 aromatic carbocycles. The van der Waals surface area contributed by atoms with Crippen molar-refractivity contribution in [1.82, 2.24) is 9.80 Å². The highest BCUT2D eigenvalue weighted by Crippen LogP contribution is 2.26. The van der Waals surface area contributed by atoms with Gasteiger partial charge in [0.15, 0.2) is 0 Å². The molecule has 0 unspecified atom stereocenters. The van der Waals surface area contributed by atoms with E-state index in [0.717, 1.165) is 51.5 Å². The summed E-state index contributed by atoms with van der Waals surface area (Å²) in [5, 5.41) is 8.86. The van der Waals surface area contributed by atoms with Gasteiger partial charge in [0.25, 0.3) is 5.91 Å². The molecular formula is C21H21N3O2. The summed E-state index contributed by atoms with van der Waals surface area (Å²) in [6, 6.07) is 15.4. The van der Waals surface area contributed by atoms with E-state index in [-0.39, 0.29) is 5.91 Å². The Morgan fingerprint density at radius 1 is 1.08 bits per heavy atom. The van der Waals surface area contributed by atoms with Crippen LogP contribution in [0.3, 0.4) is 0 Å². The van der Waals surface area contributed by atoms with Crippen LogP contribution >= 0.6 is 0 Å². The first-order valence-corrected chi connectivity index (χ1v) is 8.99. The van der Waals surface area contributed by atoms with Crippen molar-refractivity contribution in [3.05, 3.63) is 64.7 Å². The average Bonchev–Trinajstić information content (AvgIpc) is 3.16. The third kappa shape index (κ3) is 3.42. The van der Waals surface area contributed by atoms with Crippen LogP contribution < -0.4 is 4.74 Å². The van der Waals surface area contributed by atoms with Gasteiger partial charge >= 0.3 is 0 Å². The maximum Gasteiger partial charge on any atom is 0.253 e. The molecule has 5 nitrogen and oxygen atoms in total. The number of carbonyl (C=O) groups excluding carboxylic acids is 1. The first-order valence-electron chi connectivity index (χ1n) is 8.99. The molecule has 5 heteroatoms. The Kier molecular flexibility index (Phi) is 4.59. The lowest BCUT2D eigenvalue weighted by Crippen LogP contribution is -2.48. The highest BCUT2D eigenvalue weighted by molar-refractivity contribution is 5.94. The lowest BCUT2D eigenvalue weighted by atomic mass is 10.1. The molecule has 0 N–H and O–H groups in total. The number of hydrogen-bond acceptors (Lipinski definition) is 4. The fourth-order valence-electron chi connectivity index (χ4n) is 3.58. The second-order valence-electron chi connectivity index (χ2n) is 6.80. The molecule has 4 rings (SSSR count). The third-order valence-electron chi connectivity index (χ3n) is 5.08. The largest absolute Gasteiger partial charge is 0.493 e. The maximum absolute atomic E-state index is 12.6. The fraction of sp³-hybridized carbons (Fsp3) is 0.333. The Morgan fingerprint density at radius 3 is 2.58 bits per heavy atom. The zero-order valence-corrected chi connectivity index (χ0v) is 14.6. The Morgan fingerprint density at radius 2 is 1.85 bits per heavy atom. The predicted octanol–water partition coefficient (Wildman–Crippen LogP) is 2.45. The van der Waals surface area contributed by atoms with Gasteiger partial charge in [0.1, 0.15) is 5.75 Å². The van der Waals surface area contributed by atoms with Crippen molar-refractivity contribution in [2.45, 2.75) is 13.0 Å². The third-order valence-corrected chi connectivity index (χ3v) is 5.08. The summed E-state index contributed by atoms with van der Waals surface area (Å²) in [6.07, 6.45) is 0.996. The molecule has 26 heavy (non-hydrogen) atoms. The van der Waals surface area contributed by atoms with Gasteiger partial charge in [0, 0.05) is 44.7 Å². The molecule has 0 spiro atoms. The van der Waals surface area contributed by atoms with Crippen LogP contribution in [0, 0.1) is 11.3 Å². The molecule has 0 bridgehead atoms. The summed E-state index contributed by atoms with van der Waals surface area (Å²) < 4.78 is 5.56. The number of hydrogen-bond donors (Lipinski definition) is 0. The molecule has 132 valence electrons. The number of benzene rings is 2. The monoisotopic (exact) mass is 347 g/mol. The molecule has 2 aromatic rings. The second-order valence-corrected chi connectivity index (χ2v) is 6.80. The van der Waals surface area contributed by atoms with Crippen LogP contribution in [-0.2, 0) is 13.0 Å². The van der Waals surface area contributed by atoms with E-state index in [9.17, 15) is 4.79 Å². The molecule has 0 saturated carbocycles. The van der Waals surface area contributed by atoms with Crippen LogP contribution in [0.5, 0.6) is 5.75 Å². The van der Waals surface area contributed by atoms with E-state index in [2.05, 4.69) is 29.2 Å². The Bertz CT molecular complexity index is 847. The van der Waals surface area contributed by atoms with E-state index >= 15 is 0 Å². The molecule has 2 aliphatic heterocycles. The number of nitriles is 1. The van der Waals surface area contributed by atoms with Gasteiger partial charge in [0.05, 0.1) is 18.2 Å². The van der Waals surface area contributed by atoms with E-state index in [1.54, 1.807) is 24.3 Å². The number of nitrogens with zero attached hydrogens (tertiary/aromatic N) is 3. The Hall–Kier alpha value is -2.84. The van der Waals surface area contributed by atoms with Crippen molar-refractivity contribution in [2.75, 3.05) is 32.8 Å². The smallest absolute Gasteiger partial charge is 0.253 e. The van der Waals surface area contributed by atoms with Crippen molar-refractivity contribution in [3.8, 4) is 11.8 Å². The van der Waals surface area contributed by atoms with Gasteiger partial charge in [0.2, 0.25) is 0 Å². The molecule has 2 aliphatic rings. The predicted molar refractivity (Wildman–Crippen MR) is 98.0 cm³/mol. The van der Waals surface area contributed by atoms with Gasteiger partial charge in [-0.15, -0.1) is 0 Å². The van der Waals surface area contributed by atoms with Gasteiger partial charge in [-0.1, -0.05) is 12.1 Å². The second kappa shape index (κ2) is 7.19. The van der Waals surface area contributed by atoms with Crippen LogP contribution in [0.2, 0.25) is 0 Å². The van der Waals surface area contributed by atoms with Gasteiger partial charge < -0.3 is 9.64 Å². The quantitative estimate of drug-likeness (QED) is 0.856. The number of fused-ring (bicyclic) bond motifs is 1. The number of piperazine rings is 1. The van der Waals surface area contributed by atoms with Crippen molar-refractivity contribution in [3.63, 3.8) is 0 Å². The van der Waals surface area contributed by atoms with Crippen molar-refractivity contribution in [2.24, 2.45) is 0 Å². The minimum absolute atomic E-state index is 0.0452. The van der Waals surface area contributed by atoms with Crippen molar-refractivity contribution >= 4 is 5.91 Å². The van der Waals surface area contributed by atoms with E-state index in [1.807, 2.05) is 4.90 Å². The van der Waals surface area contributed by atoms with Gasteiger partial charge in [-0.25, -0.2) is 0 Å². The van der Waals surface area contributed by atoms with E-state index in [4.69, 9.17) is 10.00 Å². The number of rotatable bonds is 3. The van der Waals surface area contributed by atoms with Crippen LogP contribution in [0.25, 0.3) is 0 Å². The fourth-order valence-corrected chi connectivity index (χ4v) is 3.58. The topological polar surface area (TPSA) is 56.6 Å². The van der Waals surface area contributed by atoms with Crippen molar-refractivity contribution < 1.29 is 9.53 Å². The minimum atomic E-state index is 0.0452. The lowest BCUT2D eigenvalue weighted by molar-refractivity contribution is 0.0628. The summed E-state index contributed by atoms with van der Waals surface area (Å²) in [6.45, 7) is 4.89. The minimum Gasteiger partial charge on any atom is -0.493 e. The molecule has 0 aromatic heterocycles. The molecule has 0 radical (unpaired) electrons. The summed E-state index contributed by atoms with van der Waals surface area (Å²) >= 11 is 0. The molecule has 0 atom stereocenters. The lowest BCUT2D eigenvalue weighted by Gasteiger charge is -2.34. The zero-order valence-electron chi connectivity index (χ0n) is 14.6. The van der Waals surface area contributed by atoms with Crippen LogP contribution in [0.1, 0.15) is 27.0 Å². The highest BCUT2D eigenvalue weighted by atomic mass is 16.5. The van der Waals surface area contributed by atoms with Gasteiger partial charge in [-0.2, -0.15) is 5.26 Å². The Balaban J connectivity index is 1.33. The number of amides is 1. The highest BCUT2D eigenvalue weighted by Gasteiger charge is 2.22. The maximum atomic E-state index is 12.6. The van der Waals surface area contributed by atoms with Crippen molar-refractivity contribution in [1.29, 1.82) is 5.26 Å². The van der Waals surface area contributed by atoms with Gasteiger partial charge in [-0.3, -0.25) is 9.69 Å². The van der Waals surface area contributed by atoms with Crippen LogP contribution in [0.4, 0.5) is 0 Å². The SMILES string of the molecule is N#Cc1ccc(C(=O)N2CCN(Cc3ccc4c(c3)CCO4)CC2)cc1. The summed E-state index contributed by atoms with van der Waals surface area (Å²) in [4.78, 5) is 16.9. The molecule has 1 amide bonds. The summed E-state index contributed by atoms with van der Waals surface area (Å²) in [7, 11) is 0. The first-order chi connectivity index (χ1) is 12.7. The van der Waals surface area contributed by atoms with Crippen LogP contribution in [0.15, 0.2) is 42.5 Å². The number of carbonyl (C=O) groups is 1. The van der Waals surface area contributed by atoms with Gasteiger partial charge in [-0.05, 0) is 41.5 Å². The van der Waals surface area contributed by atoms with E-state index < -0.39 is 0 Å². The molecule has 2 heterocycles. The summed E-state index contributed by atoms with van der Waals surface area (Å²) in [5.41, 5.74) is 3.83. The van der Waals surface area contributed by atoms with E-state index in [1.165, 1.54) is 11.1 Å². The van der Waals surface area contributed by atoms with E-state index in [0.29, 0.717) is 11.1 Å². The summed E-state index contributed by atoms with van der Waals surface area (Å²) in [5.74, 6) is 1.07. The number of ether oxygens (including phenoxy) is 1. The zero-order chi connectivity index (χ0) is 17.9. The average molecular weight is 347 g/mol. The Labute approximate surface area is 153 Å². The van der Waals surface area contributed by atoms with Crippen LogP contribution in [-0.4, -0.2) is 48.5 Å². The molecule has 1 fully saturated rings. The molecular weight excluding hydrogens is 326 g/mol. The first kappa shape index (κ1) is 16.6. The normalized spacial score (nSPS) is 16.7. The molecule has 0 aliphatic carbocycles.